The Morgan fingerprint density at radius 1 is 1.31 bits per heavy atom. The Kier molecular flexibility index (Phi) is 3.62. The molecule has 0 bridgehead atoms. The first kappa shape index (κ1) is 11.6. The molecule has 1 fully saturated rings. The smallest absolute Gasteiger partial charge is 0.0476 e. The number of hydrogen-bond acceptors (Lipinski definition) is 2. The van der Waals surface area contributed by atoms with E-state index in [0.717, 1.165) is 13.0 Å². The highest BCUT2D eigenvalue weighted by Gasteiger charge is 2.44. The molecule has 1 aromatic rings. The summed E-state index contributed by atoms with van der Waals surface area (Å²) in [5, 5.41) is 3.74. The predicted octanol–water partition coefficient (Wildman–Crippen LogP) is 2.69. The summed E-state index contributed by atoms with van der Waals surface area (Å²) in [6.07, 6.45) is 3.59. The van der Waals surface area contributed by atoms with Crippen LogP contribution in [0.3, 0.4) is 0 Å². The molecule has 2 heteroatoms. The number of methoxy groups -OCH3 is 1. The quantitative estimate of drug-likeness (QED) is 0.794. The molecule has 1 aromatic carbocycles. The van der Waals surface area contributed by atoms with Gasteiger partial charge in [-0.05, 0) is 31.7 Å². The van der Waals surface area contributed by atoms with Crippen LogP contribution < -0.4 is 5.32 Å². The van der Waals surface area contributed by atoms with Gasteiger partial charge in [-0.2, -0.15) is 0 Å². The van der Waals surface area contributed by atoms with E-state index in [1.165, 1.54) is 18.4 Å². The van der Waals surface area contributed by atoms with Gasteiger partial charge in [0.1, 0.15) is 0 Å². The molecule has 2 rings (SSSR count). The fourth-order valence-electron chi connectivity index (χ4n) is 2.24. The fourth-order valence-corrected chi connectivity index (χ4v) is 2.24. The molecule has 2 nitrogen and oxygen atoms in total. The number of hydrogen-bond donors (Lipinski definition) is 1. The summed E-state index contributed by atoms with van der Waals surface area (Å²) >= 11 is 0. The van der Waals surface area contributed by atoms with Gasteiger partial charge in [0.25, 0.3) is 0 Å². The van der Waals surface area contributed by atoms with Crippen LogP contribution in [0.2, 0.25) is 0 Å². The average molecular weight is 219 g/mol. The third kappa shape index (κ3) is 2.63. The Bertz CT molecular complexity index is 319. The second-order valence-corrected chi connectivity index (χ2v) is 4.77. The maximum atomic E-state index is 5.11. The molecule has 16 heavy (non-hydrogen) atoms. The van der Waals surface area contributed by atoms with E-state index >= 15 is 0 Å². The third-order valence-electron chi connectivity index (χ3n) is 3.35. The summed E-state index contributed by atoms with van der Waals surface area (Å²) in [6.45, 7) is 3.07. The third-order valence-corrected chi connectivity index (χ3v) is 3.35. The van der Waals surface area contributed by atoms with Crippen LogP contribution >= 0.6 is 0 Å². The van der Waals surface area contributed by atoms with E-state index in [1.807, 2.05) is 0 Å². The molecule has 0 spiro atoms. The zero-order valence-electron chi connectivity index (χ0n) is 10.2. The van der Waals surface area contributed by atoms with Crippen molar-refractivity contribution in [2.75, 3.05) is 13.7 Å². The van der Waals surface area contributed by atoms with E-state index in [9.17, 15) is 0 Å². The Balaban J connectivity index is 1.94. The summed E-state index contributed by atoms with van der Waals surface area (Å²) in [5.74, 6) is 0. The molecule has 1 saturated carbocycles. The van der Waals surface area contributed by atoms with Gasteiger partial charge in [-0.15, -0.1) is 0 Å². The molecule has 1 atom stereocenters. The molecule has 1 N–H and O–H groups in total. The highest BCUT2D eigenvalue weighted by Crippen LogP contribution is 2.45. The molecular formula is C14H21NO. The van der Waals surface area contributed by atoms with Crippen LogP contribution in [0.5, 0.6) is 0 Å². The van der Waals surface area contributed by atoms with Gasteiger partial charge in [-0.25, -0.2) is 0 Å². The van der Waals surface area contributed by atoms with E-state index in [1.54, 1.807) is 7.11 Å². The molecule has 0 aliphatic heterocycles. The van der Waals surface area contributed by atoms with Gasteiger partial charge in [-0.3, -0.25) is 0 Å². The van der Waals surface area contributed by atoms with Crippen molar-refractivity contribution >= 4 is 0 Å². The first-order valence-electron chi connectivity index (χ1n) is 6.09. The maximum Gasteiger partial charge on any atom is 0.0476 e. The predicted molar refractivity (Wildman–Crippen MR) is 66.4 cm³/mol. The molecule has 0 heterocycles. The van der Waals surface area contributed by atoms with Gasteiger partial charge in [0.15, 0.2) is 0 Å². The van der Waals surface area contributed by atoms with Crippen LogP contribution in [0.15, 0.2) is 30.3 Å². The summed E-state index contributed by atoms with van der Waals surface area (Å²) in [6, 6.07) is 11.3. The summed E-state index contributed by atoms with van der Waals surface area (Å²) in [4.78, 5) is 0. The molecule has 0 radical (unpaired) electrons. The number of nitrogens with one attached hydrogen (secondary N) is 1. The lowest BCUT2D eigenvalue weighted by Crippen LogP contribution is -2.37. The maximum absolute atomic E-state index is 5.11. The minimum Gasteiger partial charge on any atom is -0.385 e. The first-order valence-corrected chi connectivity index (χ1v) is 6.09. The monoisotopic (exact) mass is 219 g/mol. The van der Waals surface area contributed by atoms with Crippen LogP contribution in [0.1, 0.15) is 31.7 Å². The van der Waals surface area contributed by atoms with Gasteiger partial charge < -0.3 is 10.1 Å². The zero-order chi connectivity index (χ0) is 11.4. The Morgan fingerprint density at radius 2 is 2.00 bits per heavy atom. The minimum atomic E-state index is 0.258. The molecular weight excluding hydrogens is 198 g/mol. The molecule has 1 aliphatic rings. The van der Waals surface area contributed by atoms with Gasteiger partial charge in [0, 0.05) is 25.3 Å². The van der Waals surface area contributed by atoms with Crippen molar-refractivity contribution in [3.63, 3.8) is 0 Å². The van der Waals surface area contributed by atoms with Gasteiger partial charge in [0.2, 0.25) is 0 Å². The topological polar surface area (TPSA) is 21.3 Å². The average Bonchev–Trinajstić information content (AvgIpc) is 3.09. The minimum absolute atomic E-state index is 0.258. The highest BCUT2D eigenvalue weighted by molar-refractivity contribution is 5.30. The normalized spacial score (nSPS) is 19.4. The van der Waals surface area contributed by atoms with E-state index in [2.05, 4.69) is 42.6 Å². The molecule has 1 aliphatic carbocycles. The summed E-state index contributed by atoms with van der Waals surface area (Å²) in [7, 11) is 1.76. The SMILES string of the molecule is COCCC(C)NC1(c2ccccc2)CC1. The first-order chi connectivity index (χ1) is 7.77. The Morgan fingerprint density at radius 3 is 2.56 bits per heavy atom. The lowest BCUT2D eigenvalue weighted by Gasteiger charge is -2.23. The fraction of sp³-hybridized carbons (Fsp3) is 0.571. The summed E-state index contributed by atoms with van der Waals surface area (Å²) in [5.41, 5.74) is 1.69. The van der Waals surface area contributed by atoms with Crippen molar-refractivity contribution in [1.29, 1.82) is 0 Å². The second-order valence-electron chi connectivity index (χ2n) is 4.77. The summed E-state index contributed by atoms with van der Waals surface area (Å²) < 4.78 is 5.11. The van der Waals surface area contributed by atoms with Gasteiger partial charge in [0.05, 0.1) is 0 Å². The van der Waals surface area contributed by atoms with Crippen molar-refractivity contribution in [1.82, 2.24) is 5.32 Å². The molecule has 0 aromatic heterocycles. The lowest BCUT2D eigenvalue weighted by molar-refractivity contribution is 0.181. The van der Waals surface area contributed by atoms with E-state index < -0.39 is 0 Å². The van der Waals surface area contributed by atoms with Crippen LogP contribution in [-0.4, -0.2) is 19.8 Å². The van der Waals surface area contributed by atoms with Crippen molar-refractivity contribution in [2.45, 2.75) is 37.8 Å². The Hall–Kier alpha value is -0.860. The van der Waals surface area contributed by atoms with Crippen molar-refractivity contribution in [2.24, 2.45) is 0 Å². The van der Waals surface area contributed by atoms with Crippen LogP contribution in [0.4, 0.5) is 0 Å². The second kappa shape index (κ2) is 4.98. The largest absolute Gasteiger partial charge is 0.385 e. The van der Waals surface area contributed by atoms with Crippen molar-refractivity contribution in [3.05, 3.63) is 35.9 Å². The zero-order valence-corrected chi connectivity index (χ0v) is 10.2. The molecule has 0 amide bonds. The van der Waals surface area contributed by atoms with Gasteiger partial charge in [-0.1, -0.05) is 30.3 Å². The lowest BCUT2D eigenvalue weighted by atomic mass is 10.0. The molecule has 0 saturated heterocycles. The van der Waals surface area contributed by atoms with E-state index in [4.69, 9.17) is 4.74 Å². The Labute approximate surface area is 98.0 Å². The van der Waals surface area contributed by atoms with Gasteiger partial charge >= 0.3 is 0 Å². The van der Waals surface area contributed by atoms with Crippen LogP contribution in [-0.2, 0) is 10.3 Å². The number of ether oxygens (including phenoxy) is 1. The molecule has 88 valence electrons. The number of rotatable bonds is 6. The van der Waals surface area contributed by atoms with E-state index in [-0.39, 0.29) is 5.54 Å². The van der Waals surface area contributed by atoms with Crippen LogP contribution in [0.25, 0.3) is 0 Å². The van der Waals surface area contributed by atoms with Crippen molar-refractivity contribution in [3.8, 4) is 0 Å². The standard InChI is InChI=1S/C14H21NO/c1-12(8-11-16-2)15-14(9-10-14)13-6-4-3-5-7-13/h3-7,12,15H,8-11H2,1-2H3. The van der Waals surface area contributed by atoms with Crippen molar-refractivity contribution < 1.29 is 4.74 Å². The van der Waals surface area contributed by atoms with E-state index in [0.29, 0.717) is 6.04 Å². The number of benzene rings is 1. The van der Waals surface area contributed by atoms with Crippen LogP contribution in [0, 0.1) is 0 Å². The molecule has 1 unspecified atom stereocenters. The highest BCUT2D eigenvalue weighted by atomic mass is 16.5.